The molecule has 0 bridgehead atoms. The van der Waals surface area contributed by atoms with Crippen LogP contribution in [0.15, 0.2) is 36.4 Å². The quantitative estimate of drug-likeness (QED) is 0.834. The van der Waals surface area contributed by atoms with E-state index in [4.69, 9.17) is 17.3 Å². The molecule has 2 aromatic rings. The zero-order valence-corrected chi connectivity index (χ0v) is 13.4. The molecular formula is C17H15ClFN3O2. The maximum atomic E-state index is 13.5. The number of anilines is 2. The summed E-state index contributed by atoms with van der Waals surface area (Å²) in [5.41, 5.74) is 7.12. The minimum Gasteiger partial charge on any atom is -0.396 e. The summed E-state index contributed by atoms with van der Waals surface area (Å²) in [5.74, 6) is -1.29. The molecule has 0 aliphatic carbocycles. The van der Waals surface area contributed by atoms with Gasteiger partial charge in [-0.15, -0.1) is 0 Å². The fourth-order valence-electron chi connectivity index (χ4n) is 2.71. The number of rotatable bonds is 4. The topological polar surface area (TPSA) is 75.4 Å². The van der Waals surface area contributed by atoms with Gasteiger partial charge in [-0.1, -0.05) is 29.8 Å². The SMILES string of the molecule is Nc1c(F)cc(Cl)cc1C(=O)NCCN1C(=O)Cc2ccccc21. The highest BCUT2D eigenvalue weighted by molar-refractivity contribution is 6.31. The van der Waals surface area contributed by atoms with Crippen molar-refractivity contribution in [2.75, 3.05) is 23.7 Å². The predicted octanol–water partition coefficient (Wildman–Crippen LogP) is 2.38. The predicted molar refractivity (Wildman–Crippen MR) is 90.7 cm³/mol. The molecule has 5 nitrogen and oxygen atoms in total. The number of para-hydroxylation sites is 1. The minimum absolute atomic E-state index is 0.0150. The fraction of sp³-hybridized carbons (Fsp3) is 0.176. The highest BCUT2D eigenvalue weighted by Crippen LogP contribution is 2.27. The molecule has 0 unspecified atom stereocenters. The molecule has 3 N–H and O–H groups in total. The second kappa shape index (κ2) is 6.49. The van der Waals surface area contributed by atoms with E-state index < -0.39 is 11.7 Å². The lowest BCUT2D eigenvalue weighted by Crippen LogP contribution is -2.36. The number of carbonyl (C=O) groups is 2. The van der Waals surface area contributed by atoms with Crippen molar-refractivity contribution in [3.8, 4) is 0 Å². The van der Waals surface area contributed by atoms with E-state index in [0.717, 1.165) is 17.3 Å². The molecule has 1 heterocycles. The molecule has 0 atom stereocenters. The van der Waals surface area contributed by atoms with Crippen LogP contribution in [0.4, 0.5) is 15.8 Å². The molecule has 0 spiro atoms. The van der Waals surface area contributed by atoms with Gasteiger partial charge in [0.15, 0.2) is 0 Å². The van der Waals surface area contributed by atoms with Crippen LogP contribution in [-0.4, -0.2) is 24.9 Å². The molecule has 124 valence electrons. The maximum Gasteiger partial charge on any atom is 0.253 e. The van der Waals surface area contributed by atoms with Crippen molar-refractivity contribution >= 4 is 34.8 Å². The van der Waals surface area contributed by atoms with Gasteiger partial charge in [-0.3, -0.25) is 9.59 Å². The van der Waals surface area contributed by atoms with Crippen molar-refractivity contribution in [3.05, 3.63) is 58.4 Å². The summed E-state index contributed by atoms with van der Waals surface area (Å²) in [6, 6.07) is 9.87. The summed E-state index contributed by atoms with van der Waals surface area (Å²) in [4.78, 5) is 25.8. The van der Waals surface area contributed by atoms with Crippen molar-refractivity contribution in [1.29, 1.82) is 0 Å². The van der Waals surface area contributed by atoms with Crippen LogP contribution in [0.25, 0.3) is 0 Å². The Balaban J connectivity index is 1.65. The molecule has 0 radical (unpaired) electrons. The largest absolute Gasteiger partial charge is 0.396 e. The molecule has 1 aliphatic heterocycles. The minimum atomic E-state index is -0.740. The van der Waals surface area contributed by atoms with Crippen LogP contribution in [0.5, 0.6) is 0 Å². The molecule has 2 amide bonds. The van der Waals surface area contributed by atoms with Crippen LogP contribution in [0.1, 0.15) is 15.9 Å². The van der Waals surface area contributed by atoms with Gasteiger partial charge in [0, 0.05) is 23.8 Å². The Morgan fingerprint density at radius 2 is 2.08 bits per heavy atom. The summed E-state index contributed by atoms with van der Waals surface area (Å²) < 4.78 is 13.5. The van der Waals surface area contributed by atoms with E-state index in [1.165, 1.54) is 6.07 Å². The lowest BCUT2D eigenvalue weighted by atomic mass is 10.1. The highest BCUT2D eigenvalue weighted by atomic mass is 35.5. The van der Waals surface area contributed by atoms with Gasteiger partial charge in [0.25, 0.3) is 5.91 Å². The first-order chi connectivity index (χ1) is 11.5. The standard InChI is InChI=1S/C17H15ClFN3O2/c18-11-8-12(16(20)13(19)9-11)17(24)21-5-6-22-14-4-2-1-3-10(14)7-15(22)23/h1-4,8-9H,5-7,20H2,(H,21,24). The highest BCUT2D eigenvalue weighted by Gasteiger charge is 2.26. The molecule has 24 heavy (non-hydrogen) atoms. The monoisotopic (exact) mass is 347 g/mol. The van der Waals surface area contributed by atoms with Gasteiger partial charge in [0.05, 0.1) is 17.7 Å². The summed E-state index contributed by atoms with van der Waals surface area (Å²) in [5, 5.41) is 2.73. The Hall–Kier alpha value is -2.60. The Bertz CT molecular complexity index is 825. The van der Waals surface area contributed by atoms with Crippen molar-refractivity contribution in [2.24, 2.45) is 0 Å². The van der Waals surface area contributed by atoms with Gasteiger partial charge in [-0.2, -0.15) is 0 Å². The fourth-order valence-corrected chi connectivity index (χ4v) is 2.92. The Kier molecular flexibility index (Phi) is 4.40. The summed E-state index contributed by atoms with van der Waals surface area (Å²) in [6.45, 7) is 0.539. The second-order valence-electron chi connectivity index (χ2n) is 5.46. The number of amides is 2. The van der Waals surface area contributed by atoms with Crippen LogP contribution in [-0.2, 0) is 11.2 Å². The third-order valence-corrected chi connectivity index (χ3v) is 4.10. The molecule has 3 rings (SSSR count). The van der Waals surface area contributed by atoms with Crippen LogP contribution >= 0.6 is 11.6 Å². The normalized spacial score (nSPS) is 13.1. The number of nitrogens with two attached hydrogens (primary N) is 1. The van der Waals surface area contributed by atoms with Crippen molar-refractivity contribution in [3.63, 3.8) is 0 Å². The van der Waals surface area contributed by atoms with E-state index >= 15 is 0 Å². The number of halogens is 2. The van der Waals surface area contributed by atoms with Crippen LogP contribution in [0.3, 0.4) is 0 Å². The van der Waals surface area contributed by atoms with Gasteiger partial charge < -0.3 is 16.0 Å². The van der Waals surface area contributed by atoms with Crippen LogP contribution in [0, 0.1) is 5.82 Å². The molecule has 0 saturated carbocycles. The zero-order chi connectivity index (χ0) is 17.3. The third kappa shape index (κ3) is 3.05. The number of fused-ring (bicyclic) bond motifs is 1. The molecule has 7 heteroatoms. The lowest BCUT2D eigenvalue weighted by molar-refractivity contribution is -0.117. The number of benzene rings is 2. The smallest absolute Gasteiger partial charge is 0.253 e. The summed E-state index contributed by atoms with van der Waals surface area (Å²) >= 11 is 5.75. The van der Waals surface area contributed by atoms with E-state index in [2.05, 4.69) is 5.32 Å². The molecule has 1 aliphatic rings. The van der Waals surface area contributed by atoms with Crippen molar-refractivity contribution < 1.29 is 14.0 Å². The molecule has 0 saturated heterocycles. The number of hydrogen-bond donors (Lipinski definition) is 2. The van der Waals surface area contributed by atoms with Gasteiger partial charge in [0.1, 0.15) is 5.82 Å². The number of nitrogen functional groups attached to an aromatic ring is 1. The molecule has 0 aromatic heterocycles. The van der Waals surface area contributed by atoms with E-state index in [0.29, 0.717) is 13.0 Å². The van der Waals surface area contributed by atoms with E-state index in [-0.39, 0.29) is 28.7 Å². The maximum absolute atomic E-state index is 13.5. The van der Waals surface area contributed by atoms with Crippen molar-refractivity contribution in [2.45, 2.75) is 6.42 Å². The first-order valence-corrected chi connectivity index (χ1v) is 7.76. The van der Waals surface area contributed by atoms with Gasteiger partial charge in [-0.25, -0.2) is 4.39 Å². The van der Waals surface area contributed by atoms with Crippen LogP contribution < -0.4 is 16.0 Å². The average molecular weight is 348 g/mol. The van der Waals surface area contributed by atoms with E-state index in [1.807, 2.05) is 24.3 Å². The number of nitrogens with one attached hydrogen (secondary N) is 1. The second-order valence-corrected chi connectivity index (χ2v) is 5.89. The van der Waals surface area contributed by atoms with Gasteiger partial charge >= 0.3 is 0 Å². The molecule has 0 fully saturated rings. The Morgan fingerprint density at radius 3 is 2.88 bits per heavy atom. The number of nitrogens with zero attached hydrogens (tertiary/aromatic N) is 1. The average Bonchev–Trinajstić information content (AvgIpc) is 2.86. The zero-order valence-electron chi connectivity index (χ0n) is 12.7. The molecular weight excluding hydrogens is 333 g/mol. The first-order valence-electron chi connectivity index (χ1n) is 7.38. The first kappa shape index (κ1) is 16.3. The molecule has 2 aromatic carbocycles. The third-order valence-electron chi connectivity index (χ3n) is 3.89. The van der Waals surface area contributed by atoms with E-state index in [9.17, 15) is 14.0 Å². The Morgan fingerprint density at radius 1 is 1.33 bits per heavy atom. The van der Waals surface area contributed by atoms with E-state index in [1.54, 1.807) is 4.90 Å². The number of carbonyl (C=O) groups excluding carboxylic acids is 2. The van der Waals surface area contributed by atoms with Crippen molar-refractivity contribution in [1.82, 2.24) is 5.32 Å². The Labute approximate surface area is 143 Å². The number of hydrogen-bond acceptors (Lipinski definition) is 3. The van der Waals surface area contributed by atoms with Gasteiger partial charge in [-0.05, 0) is 23.8 Å². The van der Waals surface area contributed by atoms with Gasteiger partial charge in [0.2, 0.25) is 5.91 Å². The lowest BCUT2D eigenvalue weighted by Gasteiger charge is -2.18. The summed E-state index contributed by atoms with van der Waals surface area (Å²) in [6.07, 6.45) is 0.358. The summed E-state index contributed by atoms with van der Waals surface area (Å²) in [7, 11) is 0. The van der Waals surface area contributed by atoms with Crippen LogP contribution in [0.2, 0.25) is 5.02 Å².